The van der Waals surface area contributed by atoms with Gasteiger partial charge in [-0.2, -0.15) is 13.2 Å². The van der Waals surface area contributed by atoms with Crippen molar-refractivity contribution in [2.24, 2.45) is 10.9 Å². The molecule has 0 saturated carbocycles. The minimum Gasteiger partial charge on any atom is -0.379 e. The summed E-state index contributed by atoms with van der Waals surface area (Å²) in [7, 11) is 1.68. The first-order valence-corrected chi connectivity index (χ1v) is 9.23. The lowest BCUT2D eigenvalue weighted by Gasteiger charge is -2.37. The van der Waals surface area contributed by atoms with E-state index in [2.05, 4.69) is 34.4 Å². The van der Waals surface area contributed by atoms with E-state index in [1.54, 1.807) is 7.05 Å². The van der Waals surface area contributed by atoms with Crippen LogP contribution in [0.3, 0.4) is 0 Å². The Morgan fingerprint density at radius 2 is 1.75 bits per heavy atom. The summed E-state index contributed by atoms with van der Waals surface area (Å²) in [6.45, 7) is 8.88. The van der Waals surface area contributed by atoms with Crippen LogP contribution >= 0.6 is 24.0 Å². The monoisotopic (exact) mass is 514 g/mol. The summed E-state index contributed by atoms with van der Waals surface area (Å²) in [6, 6.07) is 5.51. The Bertz CT molecular complexity index is 602. The van der Waals surface area contributed by atoms with Gasteiger partial charge in [0.15, 0.2) is 5.96 Å². The fraction of sp³-hybridized carbons (Fsp3) is 0.632. The number of hydrogen-bond acceptors (Lipinski definition) is 3. The molecule has 0 radical (unpaired) electrons. The maximum absolute atomic E-state index is 12.6. The highest BCUT2D eigenvalue weighted by Crippen LogP contribution is 2.29. The van der Waals surface area contributed by atoms with Crippen LogP contribution in [-0.2, 0) is 17.5 Å². The lowest BCUT2D eigenvalue weighted by atomic mass is 10.0. The van der Waals surface area contributed by atoms with Crippen molar-refractivity contribution >= 4 is 29.9 Å². The SMILES string of the molecule is CN=C(NCc1ccc(C(F)(F)F)cc1)NCC(C(C)C)N1CCOCC1.I. The summed E-state index contributed by atoms with van der Waals surface area (Å²) >= 11 is 0. The fourth-order valence-corrected chi connectivity index (χ4v) is 3.11. The van der Waals surface area contributed by atoms with Gasteiger partial charge < -0.3 is 15.4 Å². The smallest absolute Gasteiger partial charge is 0.379 e. The average molecular weight is 514 g/mol. The lowest BCUT2D eigenvalue weighted by molar-refractivity contribution is -0.137. The van der Waals surface area contributed by atoms with Gasteiger partial charge in [0.05, 0.1) is 18.8 Å². The molecule has 2 rings (SSSR count). The molecular formula is C19H30F3IN4O. The largest absolute Gasteiger partial charge is 0.416 e. The zero-order valence-electron chi connectivity index (χ0n) is 16.6. The Morgan fingerprint density at radius 1 is 1.14 bits per heavy atom. The molecule has 1 saturated heterocycles. The molecule has 1 atom stereocenters. The number of morpholine rings is 1. The zero-order valence-corrected chi connectivity index (χ0v) is 18.9. The van der Waals surface area contributed by atoms with Crippen molar-refractivity contribution in [1.29, 1.82) is 0 Å². The van der Waals surface area contributed by atoms with Crippen LogP contribution in [0.25, 0.3) is 0 Å². The van der Waals surface area contributed by atoms with Crippen molar-refractivity contribution < 1.29 is 17.9 Å². The second kappa shape index (κ2) is 11.8. The molecule has 0 bridgehead atoms. The highest BCUT2D eigenvalue weighted by atomic mass is 127. The minimum absolute atomic E-state index is 0. The molecule has 1 unspecified atom stereocenters. The Balaban J connectivity index is 0.00000392. The van der Waals surface area contributed by atoms with E-state index < -0.39 is 11.7 Å². The van der Waals surface area contributed by atoms with Crippen molar-refractivity contribution in [3.8, 4) is 0 Å². The van der Waals surface area contributed by atoms with Gasteiger partial charge in [0, 0.05) is 39.3 Å². The molecule has 9 heteroatoms. The maximum Gasteiger partial charge on any atom is 0.416 e. The number of hydrogen-bond donors (Lipinski definition) is 2. The van der Waals surface area contributed by atoms with Crippen LogP contribution in [0.2, 0.25) is 0 Å². The van der Waals surface area contributed by atoms with Crippen molar-refractivity contribution in [3.05, 3.63) is 35.4 Å². The van der Waals surface area contributed by atoms with Crippen molar-refractivity contribution in [1.82, 2.24) is 15.5 Å². The zero-order chi connectivity index (χ0) is 19.9. The molecular weight excluding hydrogens is 484 g/mol. The van der Waals surface area contributed by atoms with Gasteiger partial charge in [-0.15, -0.1) is 24.0 Å². The third-order valence-electron chi connectivity index (χ3n) is 4.73. The summed E-state index contributed by atoms with van der Waals surface area (Å²) in [5.41, 5.74) is 0.124. The Labute approximate surface area is 182 Å². The molecule has 1 aliphatic heterocycles. The molecule has 1 aliphatic rings. The van der Waals surface area contributed by atoms with Gasteiger partial charge in [0.1, 0.15) is 0 Å². The van der Waals surface area contributed by atoms with E-state index in [0.29, 0.717) is 24.5 Å². The van der Waals surface area contributed by atoms with Crippen LogP contribution in [0.1, 0.15) is 25.0 Å². The molecule has 1 aromatic rings. The highest BCUT2D eigenvalue weighted by molar-refractivity contribution is 14.0. The summed E-state index contributed by atoms with van der Waals surface area (Å²) in [6.07, 6.45) is -4.31. The Hall–Kier alpha value is -1.07. The third-order valence-corrected chi connectivity index (χ3v) is 4.73. The van der Waals surface area contributed by atoms with E-state index in [-0.39, 0.29) is 24.0 Å². The second-order valence-electron chi connectivity index (χ2n) is 6.96. The van der Waals surface area contributed by atoms with Crippen molar-refractivity contribution in [2.75, 3.05) is 39.9 Å². The van der Waals surface area contributed by atoms with E-state index in [1.807, 2.05) is 0 Å². The molecule has 0 aliphatic carbocycles. The van der Waals surface area contributed by atoms with Gasteiger partial charge >= 0.3 is 6.18 Å². The number of nitrogens with zero attached hydrogens (tertiary/aromatic N) is 2. The molecule has 0 spiro atoms. The van der Waals surface area contributed by atoms with Gasteiger partial charge in [-0.05, 0) is 23.6 Å². The number of aliphatic imine (C=N–C) groups is 1. The Kier molecular flexibility index (Phi) is 10.5. The van der Waals surface area contributed by atoms with Gasteiger partial charge in [0.25, 0.3) is 0 Å². The van der Waals surface area contributed by atoms with Crippen LogP contribution in [0.4, 0.5) is 13.2 Å². The molecule has 1 aromatic carbocycles. The molecule has 0 aromatic heterocycles. The molecule has 1 fully saturated rings. The molecule has 28 heavy (non-hydrogen) atoms. The van der Waals surface area contributed by atoms with Crippen LogP contribution < -0.4 is 10.6 Å². The minimum atomic E-state index is -4.31. The van der Waals surface area contributed by atoms with Crippen LogP contribution in [0, 0.1) is 5.92 Å². The Morgan fingerprint density at radius 3 is 2.25 bits per heavy atom. The van der Waals surface area contributed by atoms with Crippen LogP contribution in [-0.4, -0.2) is 56.8 Å². The first-order chi connectivity index (χ1) is 12.8. The summed E-state index contributed by atoms with van der Waals surface area (Å²) in [4.78, 5) is 6.63. The van der Waals surface area contributed by atoms with Crippen molar-refractivity contribution in [3.63, 3.8) is 0 Å². The van der Waals surface area contributed by atoms with E-state index in [9.17, 15) is 13.2 Å². The molecule has 1 heterocycles. The lowest BCUT2D eigenvalue weighted by Crippen LogP contribution is -2.52. The standard InChI is InChI=1S/C19H29F3N4O.HI/c1-14(2)17(26-8-10-27-11-9-26)13-25-18(23-3)24-12-15-4-6-16(7-5-15)19(20,21)22;/h4-7,14,17H,8-13H2,1-3H3,(H2,23,24,25);1H. The number of guanidine groups is 1. The first kappa shape index (κ1) is 25.0. The summed E-state index contributed by atoms with van der Waals surface area (Å²) in [5, 5.41) is 6.49. The van der Waals surface area contributed by atoms with Crippen LogP contribution in [0.15, 0.2) is 29.3 Å². The number of benzene rings is 1. The number of alkyl halides is 3. The van der Waals surface area contributed by atoms with Gasteiger partial charge in [-0.3, -0.25) is 9.89 Å². The van der Waals surface area contributed by atoms with E-state index in [4.69, 9.17) is 4.74 Å². The predicted molar refractivity (Wildman–Crippen MR) is 116 cm³/mol. The predicted octanol–water partition coefficient (Wildman–Crippen LogP) is 3.35. The number of rotatable bonds is 6. The maximum atomic E-state index is 12.6. The normalized spacial score (nSPS) is 17.2. The third kappa shape index (κ3) is 7.75. The number of nitrogens with one attached hydrogen (secondary N) is 2. The summed E-state index contributed by atoms with van der Waals surface area (Å²) in [5.74, 6) is 1.11. The quantitative estimate of drug-likeness (QED) is 0.348. The molecule has 0 amide bonds. The average Bonchev–Trinajstić information content (AvgIpc) is 2.64. The molecule has 5 nitrogen and oxygen atoms in total. The van der Waals surface area contributed by atoms with E-state index in [1.165, 1.54) is 12.1 Å². The van der Waals surface area contributed by atoms with Gasteiger partial charge in [-0.25, -0.2) is 0 Å². The number of ether oxygens (including phenoxy) is 1. The first-order valence-electron chi connectivity index (χ1n) is 9.23. The highest BCUT2D eigenvalue weighted by Gasteiger charge is 2.30. The topological polar surface area (TPSA) is 48.9 Å². The van der Waals surface area contributed by atoms with E-state index >= 15 is 0 Å². The van der Waals surface area contributed by atoms with Crippen LogP contribution in [0.5, 0.6) is 0 Å². The number of halogens is 4. The molecule has 160 valence electrons. The molecule has 2 N–H and O–H groups in total. The van der Waals surface area contributed by atoms with Gasteiger partial charge in [0.2, 0.25) is 0 Å². The fourth-order valence-electron chi connectivity index (χ4n) is 3.11. The second-order valence-corrected chi connectivity index (χ2v) is 6.96. The van der Waals surface area contributed by atoms with E-state index in [0.717, 1.165) is 50.5 Å². The summed E-state index contributed by atoms with van der Waals surface area (Å²) < 4.78 is 43.3. The van der Waals surface area contributed by atoms with Gasteiger partial charge in [-0.1, -0.05) is 26.0 Å². The van der Waals surface area contributed by atoms with Crippen molar-refractivity contribution in [2.45, 2.75) is 32.6 Å².